The van der Waals surface area contributed by atoms with E-state index in [0.29, 0.717) is 5.92 Å². The van der Waals surface area contributed by atoms with Gasteiger partial charge in [0.15, 0.2) is 0 Å². The summed E-state index contributed by atoms with van der Waals surface area (Å²) in [5.74, 6) is 0.671. The molecule has 1 rings (SSSR count). The molecule has 2 atom stereocenters. The van der Waals surface area contributed by atoms with Gasteiger partial charge in [0.25, 0.3) is 0 Å². The number of amides is 1. The first kappa shape index (κ1) is 18.4. The molecular weight excluding hydrogens is 264 g/mol. The number of hydrogen-bond acceptors (Lipinski definition) is 4. The van der Waals surface area contributed by atoms with Crippen LogP contribution in [0.1, 0.15) is 41.0 Å². The van der Waals surface area contributed by atoms with Crippen molar-refractivity contribution in [2.24, 2.45) is 11.7 Å². The summed E-state index contributed by atoms with van der Waals surface area (Å²) >= 11 is 0. The Hall–Kier alpha value is -0.650. The molecule has 0 aromatic heterocycles. The standard InChI is InChI=1S/C16H34N4O/c1-13(11-17)12-19-7-6-8-20(10-9-19)14(2)15(21)18-16(3,4)5/h13-14H,6-12,17H2,1-5H3,(H,18,21). The maximum Gasteiger partial charge on any atom is 0.237 e. The minimum atomic E-state index is -0.167. The van der Waals surface area contributed by atoms with E-state index in [0.717, 1.165) is 45.7 Å². The van der Waals surface area contributed by atoms with E-state index in [2.05, 4.69) is 22.0 Å². The van der Waals surface area contributed by atoms with Crippen molar-refractivity contribution >= 4 is 5.91 Å². The second kappa shape index (κ2) is 8.11. The Morgan fingerprint density at radius 3 is 2.43 bits per heavy atom. The van der Waals surface area contributed by atoms with Gasteiger partial charge in [0.1, 0.15) is 0 Å². The highest BCUT2D eigenvalue weighted by Gasteiger charge is 2.26. The predicted octanol–water partition coefficient (Wildman–Crippen LogP) is 0.892. The molecule has 2 unspecified atom stereocenters. The molecule has 0 saturated carbocycles. The average Bonchev–Trinajstić information content (AvgIpc) is 2.61. The normalized spacial score (nSPS) is 21.6. The summed E-state index contributed by atoms with van der Waals surface area (Å²) in [5, 5.41) is 3.08. The number of carbonyl (C=O) groups is 1. The molecule has 21 heavy (non-hydrogen) atoms. The van der Waals surface area contributed by atoms with E-state index in [4.69, 9.17) is 5.73 Å². The van der Waals surface area contributed by atoms with Crippen molar-refractivity contribution in [2.75, 3.05) is 39.3 Å². The third-order valence-corrected chi connectivity index (χ3v) is 4.02. The van der Waals surface area contributed by atoms with E-state index < -0.39 is 0 Å². The molecule has 1 heterocycles. The number of nitrogens with zero attached hydrogens (tertiary/aromatic N) is 2. The van der Waals surface area contributed by atoms with E-state index in [9.17, 15) is 4.79 Å². The Morgan fingerprint density at radius 1 is 1.19 bits per heavy atom. The molecule has 1 fully saturated rings. The molecule has 124 valence electrons. The third-order valence-electron chi connectivity index (χ3n) is 4.02. The fourth-order valence-electron chi connectivity index (χ4n) is 2.72. The Balaban J connectivity index is 2.48. The molecular formula is C16H34N4O. The second-order valence-corrected chi connectivity index (χ2v) is 7.45. The maximum absolute atomic E-state index is 12.3. The SMILES string of the molecule is CC(CN)CN1CCCN(C(C)C(=O)NC(C)(C)C)CC1. The summed E-state index contributed by atoms with van der Waals surface area (Å²) in [7, 11) is 0. The zero-order chi connectivity index (χ0) is 16.0. The van der Waals surface area contributed by atoms with Crippen LogP contribution < -0.4 is 11.1 Å². The van der Waals surface area contributed by atoms with Crippen LogP contribution in [0.3, 0.4) is 0 Å². The van der Waals surface area contributed by atoms with Gasteiger partial charge >= 0.3 is 0 Å². The van der Waals surface area contributed by atoms with Crippen LogP contribution in [0.4, 0.5) is 0 Å². The highest BCUT2D eigenvalue weighted by molar-refractivity contribution is 5.81. The van der Waals surface area contributed by atoms with Crippen LogP contribution in [-0.4, -0.2) is 66.6 Å². The van der Waals surface area contributed by atoms with Crippen molar-refractivity contribution in [3.8, 4) is 0 Å². The summed E-state index contributed by atoms with van der Waals surface area (Å²) in [5.41, 5.74) is 5.55. The average molecular weight is 298 g/mol. The molecule has 0 aromatic rings. The van der Waals surface area contributed by atoms with Gasteiger partial charge in [-0.1, -0.05) is 6.92 Å². The zero-order valence-electron chi connectivity index (χ0n) is 14.5. The van der Waals surface area contributed by atoms with Crippen LogP contribution in [0.25, 0.3) is 0 Å². The fourth-order valence-corrected chi connectivity index (χ4v) is 2.72. The number of carbonyl (C=O) groups excluding carboxylic acids is 1. The highest BCUT2D eigenvalue weighted by Crippen LogP contribution is 2.10. The monoisotopic (exact) mass is 298 g/mol. The Kier molecular flexibility index (Phi) is 7.10. The number of rotatable bonds is 5. The first-order valence-electron chi connectivity index (χ1n) is 8.21. The summed E-state index contributed by atoms with van der Waals surface area (Å²) in [6.45, 7) is 16.2. The van der Waals surface area contributed by atoms with E-state index in [1.54, 1.807) is 0 Å². The molecule has 5 nitrogen and oxygen atoms in total. The van der Waals surface area contributed by atoms with Crippen molar-refractivity contribution in [3.05, 3.63) is 0 Å². The molecule has 1 amide bonds. The van der Waals surface area contributed by atoms with Gasteiger partial charge in [-0.25, -0.2) is 0 Å². The minimum Gasteiger partial charge on any atom is -0.350 e. The van der Waals surface area contributed by atoms with Crippen molar-refractivity contribution in [2.45, 2.75) is 52.6 Å². The lowest BCUT2D eigenvalue weighted by molar-refractivity contribution is -0.127. The van der Waals surface area contributed by atoms with Crippen molar-refractivity contribution in [3.63, 3.8) is 0 Å². The Labute approximate surface area is 130 Å². The van der Waals surface area contributed by atoms with Gasteiger partial charge in [0.2, 0.25) is 5.91 Å². The summed E-state index contributed by atoms with van der Waals surface area (Å²) in [4.78, 5) is 17.1. The number of nitrogens with one attached hydrogen (secondary N) is 1. The molecule has 5 heteroatoms. The van der Waals surface area contributed by atoms with Gasteiger partial charge in [-0.05, 0) is 53.1 Å². The van der Waals surface area contributed by atoms with Gasteiger partial charge in [-0.3, -0.25) is 9.69 Å². The lowest BCUT2D eigenvalue weighted by Crippen LogP contribution is -2.51. The van der Waals surface area contributed by atoms with Gasteiger partial charge in [0, 0.05) is 31.7 Å². The molecule has 0 spiro atoms. The van der Waals surface area contributed by atoms with Crippen molar-refractivity contribution < 1.29 is 4.79 Å². The Morgan fingerprint density at radius 2 is 1.86 bits per heavy atom. The lowest BCUT2D eigenvalue weighted by Gasteiger charge is -2.30. The van der Waals surface area contributed by atoms with Crippen LogP contribution in [0, 0.1) is 5.92 Å². The van der Waals surface area contributed by atoms with Crippen LogP contribution in [-0.2, 0) is 4.79 Å². The van der Waals surface area contributed by atoms with E-state index >= 15 is 0 Å². The molecule has 1 aliphatic heterocycles. The molecule has 0 radical (unpaired) electrons. The number of hydrogen-bond donors (Lipinski definition) is 2. The summed E-state index contributed by atoms with van der Waals surface area (Å²) in [6.07, 6.45) is 1.12. The van der Waals surface area contributed by atoms with Gasteiger partial charge in [-0.15, -0.1) is 0 Å². The Bertz CT molecular complexity index is 327. The summed E-state index contributed by atoms with van der Waals surface area (Å²) in [6, 6.07) is -0.0592. The van der Waals surface area contributed by atoms with E-state index in [1.807, 2.05) is 27.7 Å². The first-order chi connectivity index (χ1) is 9.73. The van der Waals surface area contributed by atoms with Gasteiger partial charge < -0.3 is 16.0 Å². The maximum atomic E-state index is 12.3. The van der Waals surface area contributed by atoms with Crippen molar-refractivity contribution in [1.29, 1.82) is 0 Å². The van der Waals surface area contributed by atoms with Crippen LogP contribution in [0.2, 0.25) is 0 Å². The van der Waals surface area contributed by atoms with E-state index in [-0.39, 0.29) is 17.5 Å². The largest absolute Gasteiger partial charge is 0.350 e. The van der Waals surface area contributed by atoms with Gasteiger partial charge in [0.05, 0.1) is 6.04 Å². The third kappa shape index (κ3) is 6.76. The second-order valence-electron chi connectivity index (χ2n) is 7.45. The number of nitrogens with two attached hydrogens (primary N) is 1. The fraction of sp³-hybridized carbons (Fsp3) is 0.938. The minimum absolute atomic E-state index is 0.0592. The lowest BCUT2D eigenvalue weighted by atomic mass is 10.1. The van der Waals surface area contributed by atoms with Crippen LogP contribution in [0.5, 0.6) is 0 Å². The smallest absolute Gasteiger partial charge is 0.237 e. The topological polar surface area (TPSA) is 61.6 Å². The molecule has 3 N–H and O–H groups in total. The quantitative estimate of drug-likeness (QED) is 0.791. The van der Waals surface area contributed by atoms with Crippen LogP contribution >= 0.6 is 0 Å². The molecule has 1 aliphatic rings. The van der Waals surface area contributed by atoms with Crippen LogP contribution in [0.15, 0.2) is 0 Å². The summed E-state index contributed by atoms with van der Waals surface area (Å²) < 4.78 is 0. The van der Waals surface area contributed by atoms with E-state index in [1.165, 1.54) is 0 Å². The van der Waals surface area contributed by atoms with Crippen molar-refractivity contribution in [1.82, 2.24) is 15.1 Å². The molecule has 0 bridgehead atoms. The highest BCUT2D eigenvalue weighted by atomic mass is 16.2. The molecule has 0 aromatic carbocycles. The first-order valence-corrected chi connectivity index (χ1v) is 8.21. The predicted molar refractivity (Wildman–Crippen MR) is 88.2 cm³/mol. The zero-order valence-corrected chi connectivity index (χ0v) is 14.5. The van der Waals surface area contributed by atoms with Gasteiger partial charge in [-0.2, -0.15) is 0 Å². The molecule has 0 aliphatic carbocycles. The molecule has 1 saturated heterocycles.